The molecular weight excluding hydrogens is 378 g/mol. The average Bonchev–Trinajstić information content (AvgIpc) is 2.71. The van der Waals surface area contributed by atoms with Crippen LogP contribution in [0.5, 0.6) is 0 Å². The lowest BCUT2D eigenvalue weighted by molar-refractivity contribution is 0.0951. The van der Waals surface area contributed by atoms with Crippen molar-refractivity contribution in [2.24, 2.45) is 0 Å². The summed E-state index contributed by atoms with van der Waals surface area (Å²) in [5.41, 5.74) is 8.42. The minimum atomic E-state index is -3.38. The summed E-state index contributed by atoms with van der Waals surface area (Å²) < 4.78 is 26.8. The first-order valence-electron chi connectivity index (χ1n) is 9.28. The van der Waals surface area contributed by atoms with Crippen molar-refractivity contribution in [3.05, 3.63) is 53.0 Å². The zero-order chi connectivity index (χ0) is 20.3. The topological polar surface area (TPSA) is 118 Å². The number of fused-ring (bicyclic) bond motifs is 1. The van der Waals surface area contributed by atoms with E-state index in [2.05, 4.69) is 15.3 Å². The minimum absolute atomic E-state index is 0.149. The van der Waals surface area contributed by atoms with E-state index in [9.17, 15) is 13.2 Å². The van der Waals surface area contributed by atoms with E-state index in [4.69, 9.17) is 5.73 Å². The second kappa shape index (κ2) is 8.24. The van der Waals surface area contributed by atoms with Gasteiger partial charge in [0.05, 0.1) is 23.1 Å². The number of nitrogen functional groups attached to an aromatic ring is 1. The van der Waals surface area contributed by atoms with Crippen LogP contribution in [0, 0.1) is 0 Å². The number of rotatable bonds is 6. The van der Waals surface area contributed by atoms with Crippen LogP contribution < -0.4 is 11.1 Å². The molecule has 0 radical (unpaired) electrons. The van der Waals surface area contributed by atoms with E-state index in [0.717, 1.165) is 17.0 Å². The molecule has 1 amide bonds. The van der Waals surface area contributed by atoms with Crippen LogP contribution in [0.3, 0.4) is 0 Å². The third-order valence-electron chi connectivity index (χ3n) is 5.01. The number of pyridine rings is 2. The van der Waals surface area contributed by atoms with Crippen LogP contribution >= 0.6 is 0 Å². The van der Waals surface area contributed by atoms with Crippen molar-refractivity contribution in [3.8, 4) is 0 Å². The Hall–Kier alpha value is -2.52. The average molecular weight is 404 g/mol. The van der Waals surface area contributed by atoms with Gasteiger partial charge >= 0.3 is 0 Å². The number of sulfonamides is 1. The van der Waals surface area contributed by atoms with Crippen LogP contribution in [-0.4, -0.2) is 40.4 Å². The van der Waals surface area contributed by atoms with Crippen LogP contribution in [0.15, 0.2) is 30.5 Å². The van der Waals surface area contributed by atoms with E-state index < -0.39 is 15.3 Å². The van der Waals surface area contributed by atoms with Crippen molar-refractivity contribution in [3.63, 3.8) is 0 Å². The summed E-state index contributed by atoms with van der Waals surface area (Å²) in [5.74, 6) is -0.212. The predicted octanol–water partition coefficient (Wildman–Crippen LogP) is 1.48. The Morgan fingerprint density at radius 1 is 1.39 bits per heavy atom. The molecule has 1 aliphatic rings. The highest BCUT2D eigenvalue weighted by Crippen LogP contribution is 2.25. The van der Waals surface area contributed by atoms with Gasteiger partial charge in [0.1, 0.15) is 5.82 Å². The minimum Gasteiger partial charge on any atom is -0.383 e. The lowest BCUT2D eigenvalue weighted by Crippen LogP contribution is -2.41. The number of nitrogens with zero attached hydrogens (tertiary/aromatic N) is 3. The molecule has 150 valence electrons. The highest BCUT2D eigenvalue weighted by atomic mass is 32.2. The number of nitrogens with one attached hydrogen (secondary N) is 1. The molecule has 0 unspecified atom stereocenters. The number of amides is 1. The molecule has 0 aromatic carbocycles. The zero-order valence-electron chi connectivity index (χ0n) is 16.1. The number of carbonyl (C=O) groups excluding carboxylic acids is 1. The summed E-state index contributed by atoms with van der Waals surface area (Å²) in [7, 11) is -3.38. The number of hydrogen-bond donors (Lipinski definition) is 2. The molecule has 1 atom stereocenters. The first kappa shape index (κ1) is 20.2. The molecule has 28 heavy (non-hydrogen) atoms. The number of nitrogens with two attached hydrogens (primary N) is 1. The van der Waals surface area contributed by atoms with Gasteiger partial charge in [0.25, 0.3) is 5.91 Å². The normalized spacial score (nSPS) is 15.6. The van der Waals surface area contributed by atoms with Crippen molar-refractivity contribution >= 4 is 21.7 Å². The molecular formula is C19H25N5O3S. The van der Waals surface area contributed by atoms with E-state index >= 15 is 0 Å². The first-order chi connectivity index (χ1) is 13.3. The standard InChI is InChI=1S/C19H25N5O3S/c1-3-13(2)28(26,27)24-9-7-17-14(12-24)10-16(18(20)23-17)19(25)22-11-15-6-4-5-8-21-15/h4-6,8,10,13H,3,7,9,11-12H2,1-2H3,(H2,20,23)(H,22,25)/t13-/m0/s1. The third kappa shape index (κ3) is 4.15. The maximum atomic E-state index is 12.7. The lowest BCUT2D eigenvalue weighted by atomic mass is 10.0. The summed E-state index contributed by atoms with van der Waals surface area (Å²) in [6.45, 7) is 4.41. The fraction of sp³-hybridized carbons (Fsp3) is 0.421. The molecule has 0 fully saturated rings. The molecule has 0 bridgehead atoms. The van der Waals surface area contributed by atoms with Crippen LogP contribution in [0.4, 0.5) is 5.82 Å². The molecule has 8 nitrogen and oxygen atoms in total. The van der Waals surface area contributed by atoms with Gasteiger partial charge in [-0.25, -0.2) is 13.4 Å². The van der Waals surface area contributed by atoms with Gasteiger partial charge in [0.15, 0.2) is 0 Å². The molecule has 3 heterocycles. The fourth-order valence-corrected chi connectivity index (χ4v) is 4.69. The molecule has 0 aliphatic carbocycles. The van der Waals surface area contributed by atoms with Crippen LogP contribution in [0.25, 0.3) is 0 Å². The summed E-state index contributed by atoms with van der Waals surface area (Å²) in [6, 6.07) is 7.11. The largest absolute Gasteiger partial charge is 0.383 e. The van der Waals surface area contributed by atoms with Crippen molar-refractivity contribution in [2.75, 3.05) is 12.3 Å². The molecule has 2 aromatic rings. The fourth-order valence-electron chi connectivity index (χ4n) is 3.09. The second-order valence-corrected chi connectivity index (χ2v) is 9.23. The maximum absolute atomic E-state index is 12.7. The van der Waals surface area contributed by atoms with Gasteiger partial charge in [-0.05, 0) is 37.1 Å². The summed E-state index contributed by atoms with van der Waals surface area (Å²) in [5, 5.41) is 2.33. The van der Waals surface area contributed by atoms with Crippen molar-refractivity contribution in [1.29, 1.82) is 0 Å². The number of aromatic nitrogens is 2. The number of anilines is 1. The summed E-state index contributed by atoms with van der Waals surface area (Å²) >= 11 is 0. The SMILES string of the molecule is CC[C@H](C)S(=O)(=O)N1CCc2nc(N)c(C(=O)NCc3ccccn3)cc2C1. The molecule has 9 heteroatoms. The van der Waals surface area contributed by atoms with E-state index in [0.29, 0.717) is 19.4 Å². The summed E-state index contributed by atoms with van der Waals surface area (Å²) in [4.78, 5) is 21.1. The Balaban J connectivity index is 1.79. The van der Waals surface area contributed by atoms with Crippen LogP contribution in [0.1, 0.15) is 47.6 Å². The molecule has 3 rings (SSSR count). The van der Waals surface area contributed by atoms with Gasteiger partial charge < -0.3 is 11.1 Å². The molecule has 1 aliphatic heterocycles. The molecule has 3 N–H and O–H groups in total. The van der Waals surface area contributed by atoms with E-state index in [1.54, 1.807) is 25.3 Å². The van der Waals surface area contributed by atoms with Crippen molar-refractivity contribution < 1.29 is 13.2 Å². The van der Waals surface area contributed by atoms with Gasteiger partial charge in [0, 0.05) is 31.4 Å². The number of carbonyl (C=O) groups is 1. The first-order valence-corrected chi connectivity index (χ1v) is 10.8. The van der Waals surface area contributed by atoms with Crippen LogP contribution in [0.2, 0.25) is 0 Å². The zero-order valence-corrected chi connectivity index (χ0v) is 16.9. The second-order valence-electron chi connectivity index (χ2n) is 6.88. The molecule has 0 spiro atoms. The Morgan fingerprint density at radius 2 is 2.18 bits per heavy atom. The van der Waals surface area contributed by atoms with Gasteiger partial charge in [-0.3, -0.25) is 9.78 Å². The molecule has 0 saturated carbocycles. The van der Waals surface area contributed by atoms with Gasteiger partial charge in [0.2, 0.25) is 10.0 Å². The van der Waals surface area contributed by atoms with Crippen LogP contribution in [-0.2, 0) is 29.5 Å². The quantitative estimate of drug-likeness (QED) is 0.754. The highest BCUT2D eigenvalue weighted by Gasteiger charge is 2.31. The van der Waals surface area contributed by atoms with Gasteiger partial charge in [-0.2, -0.15) is 4.31 Å². The van der Waals surface area contributed by atoms with E-state index in [-0.39, 0.29) is 30.4 Å². The third-order valence-corrected chi connectivity index (χ3v) is 7.39. The maximum Gasteiger partial charge on any atom is 0.255 e. The predicted molar refractivity (Wildman–Crippen MR) is 107 cm³/mol. The Bertz CT molecular complexity index is 963. The Kier molecular flexibility index (Phi) is 5.95. The molecule has 2 aromatic heterocycles. The van der Waals surface area contributed by atoms with Crippen molar-refractivity contribution in [2.45, 2.75) is 45.0 Å². The monoisotopic (exact) mass is 403 g/mol. The van der Waals surface area contributed by atoms with Gasteiger partial charge in [-0.15, -0.1) is 0 Å². The highest BCUT2D eigenvalue weighted by molar-refractivity contribution is 7.89. The van der Waals surface area contributed by atoms with E-state index in [1.807, 2.05) is 19.1 Å². The molecule has 0 saturated heterocycles. The van der Waals surface area contributed by atoms with Gasteiger partial charge in [-0.1, -0.05) is 13.0 Å². The smallest absolute Gasteiger partial charge is 0.255 e. The lowest BCUT2D eigenvalue weighted by Gasteiger charge is -2.30. The Morgan fingerprint density at radius 3 is 2.86 bits per heavy atom. The number of hydrogen-bond acceptors (Lipinski definition) is 6. The van der Waals surface area contributed by atoms with Crippen molar-refractivity contribution in [1.82, 2.24) is 19.6 Å². The summed E-state index contributed by atoms with van der Waals surface area (Å²) in [6.07, 6.45) is 2.68. The van der Waals surface area contributed by atoms with E-state index in [1.165, 1.54) is 4.31 Å². The Labute approximate surface area is 165 Å².